The van der Waals surface area contributed by atoms with Crippen LogP contribution in [0.15, 0.2) is 48.5 Å². The van der Waals surface area contributed by atoms with E-state index in [1.54, 1.807) is 6.92 Å². The second kappa shape index (κ2) is 10.4. The van der Waals surface area contributed by atoms with E-state index in [0.717, 1.165) is 22.3 Å². The van der Waals surface area contributed by atoms with Gasteiger partial charge in [-0.05, 0) is 34.6 Å². The van der Waals surface area contributed by atoms with E-state index in [2.05, 4.69) is 17.4 Å². The molecule has 0 aliphatic heterocycles. The predicted molar refractivity (Wildman–Crippen MR) is 117 cm³/mol. The molecule has 0 aromatic heterocycles. The molecule has 1 unspecified atom stereocenters. The smallest absolute Gasteiger partial charge is 0.407 e. The third-order valence-electron chi connectivity index (χ3n) is 5.62. The summed E-state index contributed by atoms with van der Waals surface area (Å²) in [5, 5.41) is 12.9. The highest BCUT2D eigenvalue weighted by Crippen LogP contribution is 2.44. The van der Waals surface area contributed by atoms with E-state index in [9.17, 15) is 23.2 Å². The average Bonchev–Trinajstić information content (AvgIpc) is 3.12. The van der Waals surface area contributed by atoms with Crippen molar-refractivity contribution in [1.29, 1.82) is 0 Å². The van der Waals surface area contributed by atoms with Crippen LogP contribution in [-0.4, -0.2) is 48.7 Å². The number of carboxylic acid groups (broad SMARTS) is 1. The summed E-state index contributed by atoms with van der Waals surface area (Å²) in [6.07, 6.45) is -0.313. The number of carbonyl (C=O) groups is 3. The number of benzene rings is 2. The van der Waals surface area contributed by atoms with Crippen LogP contribution in [0.1, 0.15) is 36.8 Å². The molecule has 176 valence electrons. The Balaban J connectivity index is 1.40. The summed E-state index contributed by atoms with van der Waals surface area (Å²) < 4.78 is 31.4. The van der Waals surface area contributed by atoms with Crippen LogP contribution < -0.4 is 10.6 Å². The van der Waals surface area contributed by atoms with Crippen LogP contribution in [-0.2, 0) is 14.3 Å². The average molecular weight is 460 g/mol. The Labute approximate surface area is 190 Å². The monoisotopic (exact) mass is 460 g/mol. The number of amides is 2. The lowest BCUT2D eigenvalue weighted by Crippen LogP contribution is -2.42. The molecule has 0 bridgehead atoms. The summed E-state index contributed by atoms with van der Waals surface area (Å²) in [6.45, 7) is 0.972. The van der Waals surface area contributed by atoms with Crippen molar-refractivity contribution in [3.8, 4) is 11.1 Å². The van der Waals surface area contributed by atoms with E-state index in [1.165, 1.54) is 0 Å². The first kappa shape index (κ1) is 24.2. The molecular formula is C24H26F2N2O5. The van der Waals surface area contributed by atoms with E-state index < -0.39 is 30.4 Å². The molecule has 0 spiro atoms. The lowest BCUT2D eigenvalue weighted by molar-refractivity contribution is -0.164. The van der Waals surface area contributed by atoms with Crippen molar-refractivity contribution in [2.75, 3.05) is 19.7 Å². The lowest BCUT2D eigenvalue weighted by Gasteiger charge is -2.16. The van der Waals surface area contributed by atoms with Gasteiger partial charge in [0, 0.05) is 18.9 Å². The summed E-state index contributed by atoms with van der Waals surface area (Å²) in [5.41, 5.74) is 4.49. The van der Waals surface area contributed by atoms with Crippen LogP contribution in [0.4, 0.5) is 13.6 Å². The molecule has 2 amide bonds. The van der Waals surface area contributed by atoms with E-state index in [4.69, 9.17) is 9.84 Å². The maximum Gasteiger partial charge on any atom is 0.407 e. The van der Waals surface area contributed by atoms with Gasteiger partial charge in [0.1, 0.15) is 6.61 Å². The minimum absolute atomic E-state index is 0.0480. The first-order chi connectivity index (χ1) is 15.7. The van der Waals surface area contributed by atoms with Gasteiger partial charge < -0.3 is 20.5 Å². The summed E-state index contributed by atoms with van der Waals surface area (Å²) in [4.78, 5) is 34.2. The highest BCUT2D eigenvalue weighted by atomic mass is 19.3. The molecule has 0 fully saturated rings. The topological polar surface area (TPSA) is 105 Å². The second-order valence-corrected chi connectivity index (χ2v) is 8.14. The number of alkyl halides is 2. The molecule has 2 aromatic carbocycles. The number of hydrogen-bond acceptors (Lipinski definition) is 4. The SMILES string of the molecule is CC(CCC(=O)NCC(F)(F)C(=O)O)CNC(=O)OCC1c2ccccc2-c2ccccc21. The molecular weight excluding hydrogens is 434 g/mol. The van der Waals surface area contributed by atoms with Crippen molar-refractivity contribution in [1.82, 2.24) is 10.6 Å². The van der Waals surface area contributed by atoms with Gasteiger partial charge in [-0.1, -0.05) is 55.5 Å². The zero-order valence-electron chi connectivity index (χ0n) is 18.1. The first-order valence-electron chi connectivity index (χ1n) is 10.7. The fraction of sp³-hybridized carbons (Fsp3) is 0.375. The van der Waals surface area contributed by atoms with Gasteiger partial charge in [0.2, 0.25) is 5.91 Å². The van der Waals surface area contributed by atoms with Crippen molar-refractivity contribution in [3.05, 3.63) is 59.7 Å². The maximum atomic E-state index is 13.0. The Morgan fingerprint density at radius 1 is 1.03 bits per heavy atom. The number of fused-ring (bicyclic) bond motifs is 3. The minimum atomic E-state index is -4.01. The van der Waals surface area contributed by atoms with Crippen LogP contribution in [0, 0.1) is 5.92 Å². The Morgan fingerprint density at radius 2 is 1.61 bits per heavy atom. The highest BCUT2D eigenvalue weighted by Gasteiger charge is 2.39. The molecule has 3 N–H and O–H groups in total. The zero-order valence-corrected chi connectivity index (χ0v) is 18.1. The van der Waals surface area contributed by atoms with Crippen molar-refractivity contribution < 1.29 is 33.0 Å². The molecule has 3 rings (SSSR count). The molecule has 0 radical (unpaired) electrons. The van der Waals surface area contributed by atoms with Gasteiger partial charge in [-0.3, -0.25) is 4.79 Å². The van der Waals surface area contributed by atoms with E-state index in [-0.39, 0.29) is 31.4 Å². The number of ether oxygens (including phenoxy) is 1. The molecule has 1 aliphatic rings. The number of rotatable bonds is 10. The Bertz CT molecular complexity index is 982. The van der Waals surface area contributed by atoms with Gasteiger partial charge in [-0.25, -0.2) is 9.59 Å². The van der Waals surface area contributed by atoms with E-state index in [0.29, 0.717) is 6.42 Å². The highest BCUT2D eigenvalue weighted by molar-refractivity contribution is 5.80. The zero-order chi connectivity index (χ0) is 24.0. The second-order valence-electron chi connectivity index (χ2n) is 8.14. The normalized spacial score (nSPS) is 13.5. The Hall–Kier alpha value is -3.49. The van der Waals surface area contributed by atoms with Gasteiger partial charge in [0.05, 0.1) is 6.54 Å². The first-order valence-corrected chi connectivity index (χ1v) is 10.7. The Morgan fingerprint density at radius 3 is 2.18 bits per heavy atom. The van der Waals surface area contributed by atoms with Crippen LogP contribution in [0.2, 0.25) is 0 Å². The van der Waals surface area contributed by atoms with Crippen LogP contribution >= 0.6 is 0 Å². The number of carbonyl (C=O) groups excluding carboxylic acids is 2. The van der Waals surface area contributed by atoms with Gasteiger partial charge in [-0.15, -0.1) is 0 Å². The summed E-state index contributed by atoms with van der Waals surface area (Å²) in [5.74, 6) is -7.13. The van der Waals surface area contributed by atoms with E-state index in [1.807, 2.05) is 41.7 Å². The molecule has 1 aliphatic carbocycles. The molecule has 1 atom stereocenters. The Kier molecular flexibility index (Phi) is 7.63. The van der Waals surface area contributed by atoms with Gasteiger partial charge in [-0.2, -0.15) is 8.78 Å². The summed E-state index contributed by atoms with van der Waals surface area (Å²) in [6, 6.07) is 16.0. The molecule has 7 nitrogen and oxygen atoms in total. The molecule has 2 aromatic rings. The third-order valence-corrected chi connectivity index (χ3v) is 5.62. The quantitative estimate of drug-likeness (QED) is 0.501. The molecule has 33 heavy (non-hydrogen) atoms. The minimum Gasteiger partial charge on any atom is -0.477 e. The van der Waals surface area contributed by atoms with Crippen LogP contribution in [0.3, 0.4) is 0 Å². The van der Waals surface area contributed by atoms with Crippen molar-refractivity contribution in [2.24, 2.45) is 5.92 Å². The number of nitrogens with one attached hydrogen (secondary N) is 2. The third kappa shape index (κ3) is 6.06. The number of carboxylic acids is 1. The van der Waals surface area contributed by atoms with Gasteiger partial charge in [0.15, 0.2) is 0 Å². The molecule has 9 heteroatoms. The molecule has 0 saturated heterocycles. The summed E-state index contributed by atoms with van der Waals surface area (Å²) >= 11 is 0. The number of aliphatic carboxylic acids is 1. The summed E-state index contributed by atoms with van der Waals surface area (Å²) in [7, 11) is 0. The lowest BCUT2D eigenvalue weighted by atomic mass is 9.98. The van der Waals surface area contributed by atoms with E-state index >= 15 is 0 Å². The predicted octanol–water partition coefficient (Wildman–Crippen LogP) is 3.78. The van der Waals surface area contributed by atoms with Crippen molar-refractivity contribution in [2.45, 2.75) is 31.6 Å². The fourth-order valence-corrected chi connectivity index (χ4v) is 3.76. The fourth-order valence-electron chi connectivity index (χ4n) is 3.76. The van der Waals surface area contributed by atoms with Crippen molar-refractivity contribution >= 4 is 18.0 Å². The van der Waals surface area contributed by atoms with Gasteiger partial charge >= 0.3 is 18.0 Å². The largest absolute Gasteiger partial charge is 0.477 e. The number of halogens is 2. The van der Waals surface area contributed by atoms with Crippen molar-refractivity contribution in [3.63, 3.8) is 0 Å². The van der Waals surface area contributed by atoms with Gasteiger partial charge in [0.25, 0.3) is 0 Å². The molecule has 0 heterocycles. The number of hydrogen-bond donors (Lipinski definition) is 3. The molecule has 0 saturated carbocycles. The standard InChI is InChI=1S/C24H26F2N2O5/c1-15(10-11-21(29)28-14-24(25,26)22(30)31)12-27-23(32)33-13-20-18-8-4-2-6-16(18)17-7-3-5-9-19(17)20/h2-9,15,20H,10-14H2,1H3,(H,27,32)(H,28,29)(H,30,31). The van der Waals surface area contributed by atoms with Crippen LogP contribution in [0.5, 0.6) is 0 Å². The van der Waals surface area contributed by atoms with Crippen LogP contribution in [0.25, 0.3) is 11.1 Å². The maximum absolute atomic E-state index is 13.0. The number of alkyl carbamates (subject to hydrolysis) is 1.